The molecule has 0 amide bonds. The summed E-state index contributed by atoms with van der Waals surface area (Å²) < 4.78 is 73.7. The monoisotopic (exact) mass is 1020 g/mol. The molecule has 20 heteroatoms. The molecular formula is C50H52N10O6S4. The highest BCUT2D eigenvalue weighted by Crippen LogP contribution is 2.47. The molecule has 0 saturated heterocycles. The number of azo groups is 1. The number of nitriles is 1. The Balaban J connectivity index is 1.42. The maximum Gasteiger partial charge on any atom is 0.295 e. The number of hydrogen-bond acceptors (Lipinski definition) is 15. The summed E-state index contributed by atoms with van der Waals surface area (Å²) in [6, 6.07) is 18.0. The Bertz CT molecular complexity index is 3770. The van der Waals surface area contributed by atoms with Gasteiger partial charge in [-0.1, -0.05) is 75.5 Å². The smallest absolute Gasteiger partial charge is 0.295 e. The zero-order valence-corrected chi connectivity index (χ0v) is 44.1. The van der Waals surface area contributed by atoms with Gasteiger partial charge in [-0.25, -0.2) is 15.0 Å². The van der Waals surface area contributed by atoms with Gasteiger partial charge in [0.25, 0.3) is 20.2 Å². The molecular weight excluding hydrogens is 965 g/mol. The first-order valence-corrected chi connectivity index (χ1v) is 26.9. The van der Waals surface area contributed by atoms with Gasteiger partial charge in [-0.2, -0.15) is 31.9 Å². The Morgan fingerprint density at radius 1 is 0.757 bits per heavy atom. The molecule has 8 rings (SSSR count). The van der Waals surface area contributed by atoms with Crippen LogP contribution in [-0.2, 0) is 38.5 Å². The van der Waals surface area contributed by atoms with E-state index in [4.69, 9.17) is 30.3 Å². The molecule has 0 aliphatic rings. The van der Waals surface area contributed by atoms with Gasteiger partial charge in [0.1, 0.15) is 28.0 Å². The van der Waals surface area contributed by atoms with Crippen LogP contribution in [0.5, 0.6) is 0 Å². The summed E-state index contributed by atoms with van der Waals surface area (Å²) in [4.78, 5) is 16.6. The van der Waals surface area contributed by atoms with Gasteiger partial charge in [-0.15, -0.1) is 10.2 Å². The van der Waals surface area contributed by atoms with E-state index in [0.717, 1.165) is 60.6 Å². The predicted molar refractivity (Wildman–Crippen MR) is 278 cm³/mol. The van der Waals surface area contributed by atoms with Crippen LogP contribution >= 0.6 is 22.7 Å². The fraction of sp³-hybridized carbons (Fsp3) is 0.300. The van der Waals surface area contributed by atoms with E-state index in [1.54, 1.807) is 13.0 Å². The van der Waals surface area contributed by atoms with Gasteiger partial charge >= 0.3 is 0 Å². The van der Waals surface area contributed by atoms with Crippen LogP contribution in [0.1, 0.15) is 95.9 Å². The summed E-state index contributed by atoms with van der Waals surface area (Å²) in [5.74, 6) is 0.728. The molecule has 0 bridgehead atoms. The van der Waals surface area contributed by atoms with E-state index < -0.39 is 25.7 Å². The number of rotatable bonds is 12. The lowest BCUT2D eigenvalue weighted by Crippen LogP contribution is -2.18. The van der Waals surface area contributed by atoms with Crippen molar-refractivity contribution in [3.63, 3.8) is 0 Å². The summed E-state index contributed by atoms with van der Waals surface area (Å²) in [7, 11) is -9.19. The summed E-state index contributed by atoms with van der Waals surface area (Å²) in [6.45, 7) is 23.3. The minimum atomic E-state index is -4.69. The number of aromatic nitrogens is 5. The number of pyridine rings is 1. The lowest BCUT2D eigenvalue weighted by molar-refractivity contribution is 0.480. The van der Waals surface area contributed by atoms with Crippen molar-refractivity contribution < 1.29 is 25.9 Å². The minimum Gasteiger partial charge on any atom is -0.338 e. The van der Waals surface area contributed by atoms with Gasteiger partial charge in [0, 0.05) is 11.1 Å². The number of benzene rings is 4. The van der Waals surface area contributed by atoms with Crippen LogP contribution < -0.4 is 10.2 Å². The average molecular weight is 1020 g/mol. The molecule has 362 valence electrons. The molecule has 70 heavy (non-hydrogen) atoms. The molecule has 0 spiro atoms. The van der Waals surface area contributed by atoms with Crippen LogP contribution in [0.15, 0.2) is 74.6 Å². The van der Waals surface area contributed by atoms with Crippen molar-refractivity contribution in [3.8, 4) is 11.2 Å². The largest absolute Gasteiger partial charge is 0.338 e. The zero-order chi connectivity index (χ0) is 50.9. The minimum absolute atomic E-state index is 0.0690. The van der Waals surface area contributed by atoms with Gasteiger partial charge in [0.05, 0.1) is 36.7 Å². The van der Waals surface area contributed by atoms with Crippen molar-refractivity contribution in [2.75, 3.05) is 10.2 Å². The van der Waals surface area contributed by atoms with Crippen molar-refractivity contribution in [3.05, 3.63) is 116 Å². The highest BCUT2D eigenvalue weighted by atomic mass is 32.2. The van der Waals surface area contributed by atoms with Crippen LogP contribution in [0.25, 0.3) is 25.6 Å². The molecule has 0 unspecified atom stereocenters. The van der Waals surface area contributed by atoms with Crippen LogP contribution in [0.3, 0.4) is 0 Å². The number of thiazole rings is 2. The molecule has 0 aliphatic heterocycles. The van der Waals surface area contributed by atoms with Crippen molar-refractivity contribution >= 4 is 103 Å². The fourth-order valence-corrected chi connectivity index (χ4v) is 12.5. The third-order valence-electron chi connectivity index (χ3n) is 12.2. The number of aryl methyl sites for hydroxylation is 6. The van der Waals surface area contributed by atoms with Crippen molar-refractivity contribution in [1.29, 1.82) is 5.26 Å². The second-order valence-corrected chi connectivity index (χ2v) is 23.2. The van der Waals surface area contributed by atoms with E-state index in [1.807, 2.05) is 84.6 Å². The number of hydrogen-bond donors (Lipinski definition) is 3. The molecule has 4 aromatic heterocycles. The summed E-state index contributed by atoms with van der Waals surface area (Å²) in [6.07, 6.45) is 0.936. The summed E-state index contributed by atoms with van der Waals surface area (Å²) >= 11 is 2.52. The quantitative estimate of drug-likeness (QED) is 0.0765. The molecule has 3 N–H and O–H groups in total. The third kappa shape index (κ3) is 9.20. The predicted octanol–water partition coefficient (Wildman–Crippen LogP) is 13.1. The van der Waals surface area contributed by atoms with E-state index in [1.165, 1.54) is 34.2 Å². The second-order valence-electron chi connectivity index (χ2n) is 18.4. The first-order valence-electron chi connectivity index (χ1n) is 22.3. The molecule has 4 aromatic carbocycles. The molecule has 0 atom stereocenters. The number of anilines is 5. The van der Waals surface area contributed by atoms with Crippen molar-refractivity contribution in [2.24, 2.45) is 10.2 Å². The molecule has 8 aromatic rings. The molecule has 0 aliphatic carbocycles. The first-order chi connectivity index (χ1) is 32.8. The van der Waals surface area contributed by atoms with E-state index in [9.17, 15) is 31.2 Å². The number of fused-ring (bicyclic) bond motifs is 2. The second kappa shape index (κ2) is 18.4. The SMILES string of the molecule is CCc1c(C)c(C)cc(C)c1Nc1nc(N(c2nc3ccc(C)cc3s2)c2c(C)cc(C)c(S(=O)(=O)O)c2CC)cc(C)c1N=Nc1c(C#N)c(C(C)(C)C)nn1-c1nc2ccc(S(=O)(=O)O)cc2s1. The van der Waals surface area contributed by atoms with Crippen molar-refractivity contribution in [1.82, 2.24) is 24.7 Å². The van der Waals surface area contributed by atoms with E-state index in [-0.39, 0.29) is 38.5 Å². The van der Waals surface area contributed by atoms with E-state index in [0.29, 0.717) is 61.3 Å². The molecule has 0 fully saturated rings. The normalized spacial score (nSPS) is 12.4. The van der Waals surface area contributed by atoms with E-state index in [2.05, 4.69) is 38.2 Å². The third-order valence-corrected chi connectivity index (χ3v) is 16.1. The van der Waals surface area contributed by atoms with Crippen LogP contribution in [-0.4, -0.2) is 50.7 Å². The Kier molecular flexibility index (Phi) is 13.1. The topological polar surface area (TPSA) is 229 Å². The van der Waals surface area contributed by atoms with Gasteiger partial charge in [0.2, 0.25) is 5.13 Å². The standard InChI is InChI=1S/C50H52N10O6S4/c1-13-33-31(9)26(4)20-27(5)41(33)55-46-42(56-57-47-35(24-51)45(50(10,11)12)58-60(47)49-53-37-18-16-32(69(61,62)63)23-39(37)68-49)28(6)22-40(54-46)59(48-52-36-17-15-25(3)19-38(36)67-48)43-29(7)21-30(8)44(34(43)14-2)70(64,65)66/h15-23H,13-14H2,1-12H3,(H,54,55)(H,61,62,63)(H,64,65,66). The summed E-state index contributed by atoms with van der Waals surface area (Å²) in [5.41, 5.74) is 10.2. The number of nitrogens with one attached hydrogen (secondary N) is 1. The Hall–Kier alpha value is -6.47. The molecule has 0 radical (unpaired) electrons. The van der Waals surface area contributed by atoms with Crippen LogP contribution in [0.2, 0.25) is 0 Å². The average Bonchev–Trinajstić information content (AvgIpc) is 3.99. The maximum atomic E-state index is 13.2. The van der Waals surface area contributed by atoms with Crippen LogP contribution in [0.4, 0.5) is 39.6 Å². The van der Waals surface area contributed by atoms with E-state index >= 15 is 0 Å². The Morgan fingerprint density at radius 3 is 2.06 bits per heavy atom. The lowest BCUT2D eigenvalue weighted by Gasteiger charge is -2.28. The maximum absolute atomic E-state index is 13.2. The van der Waals surface area contributed by atoms with Crippen molar-refractivity contribution in [2.45, 2.75) is 111 Å². The highest BCUT2D eigenvalue weighted by Gasteiger charge is 2.32. The van der Waals surface area contributed by atoms with Gasteiger partial charge in [-0.05, 0) is 148 Å². The number of nitrogens with zero attached hydrogens (tertiary/aromatic N) is 9. The molecule has 16 nitrogen and oxygen atoms in total. The molecule has 0 saturated carbocycles. The summed E-state index contributed by atoms with van der Waals surface area (Å²) in [5, 5.41) is 29.7. The van der Waals surface area contributed by atoms with Gasteiger partial charge in [0.15, 0.2) is 16.8 Å². The Morgan fingerprint density at radius 2 is 1.41 bits per heavy atom. The Labute approximate surface area is 415 Å². The van der Waals surface area contributed by atoms with Crippen LogP contribution in [0, 0.1) is 59.8 Å². The lowest BCUT2D eigenvalue weighted by atomic mass is 9.90. The molecule has 4 heterocycles. The van der Waals surface area contributed by atoms with Gasteiger partial charge in [-0.3, -0.25) is 14.0 Å². The first kappa shape index (κ1) is 49.9. The van der Waals surface area contributed by atoms with Gasteiger partial charge < -0.3 is 5.32 Å². The highest BCUT2D eigenvalue weighted by molar-refractivity contribution is 7.86. The fourth-order valence-electron chi connectivity index (χ4n) is 8.85. The zero-order valence-electron chi connectivity index (χ0n) is 40.8.